The molecule has 0 atom stereocenters. The van der Waals surface area contributed by atoms with Crippen molar-refractivity contribution in [3.63, 3.8) is 0 Å². The van der Waals surface area contributed by atoms with E-state index in [4.69, 9.17) is 0 Å². The molecule has 4 nitrogen and oxygen atoms in total. The molecule has 1 aliphatic rings. The third-order valence-corrected chi connectivity index (χ3v) is 4.02. The summed E-state index contributed by atoms with van der Waals surface area (Å²) in [6.07, 6.45) is 1.86. The van der Waals surface area contributed by atoms with Gasteiger partial charge in [0, 0.05) is 18.2 Å². The number of hydrogen-bond donors (Lipinski definition) is 2. The molecule has 0 fully saturated rings. The highest BCUT2D eigenvalue weighted by Crippen LogP contribution is 2.38. The summed E-state index contributed by atoms with van der Waals surface area (Å²) in [5, 5.41) is 9.86. The van der Waals surface area contributed by atoms with Crippen LogP contribution in [0.25, 0.3) is 11.3 Å². The number of fused-ring (bicyclic) bond motifs is 3. The summed E-state index contributed by atoms with van der Waals surface area (Å²) >= 11 is 0. The van der Waals surface area contributed by atoms with Crippen LogP contribution >= 0.6 is 0 Å². The first kappa shape index (κ1) is 15.4. The monoisotopic (exact) mass is 342 g/mol. The number of H-pyrrole nitrogens is 1. The number of aryl methyl sites for hydroxylation is 1. The van der Waals surface area contributed by atoms with Crippen molar-refractivity contribution in [3.05, 3.63) is 65.4 Å². The highest BCUT2D eigenvalue weighted by atomic mass is 19.1. The smallest absolute Gasteiger partial charge is 0.144 e. The minimum atomic E-state index is -0.714. The Hall–Kier alpha value is -3.09. The van der Waals surface area contributed by atoms with E-state index in [2.05, 4.69) is 20.5 Å². The number of aromatic nitrogens is 2. The number of nitrogens with zero attached hydrogens (tertiary/aromatic N) is 2. The van der Waals surface area contributed by atoms with Crippen molar-refractivity contribution >= 4 is 17.2 Å². The maximum atomic E-state index is 14.2. The van der Waals surface area contributed by atoms with Gasteiger partial charge in [-0.15, -0.1) is 0 Å². The Labute approximate surface area is 141 Å². The largest absolute Gasteiger partial charge is 0.336 e. The normalized spacial score (nSPS) is 12.7. The van der Waals surface area contributed by atoms with E-state index in [1.165, 1.54) is 18.2 Å². The van der Waals surface area contributed by atoms with E-state index in [1.54, 1.807) is 24.4 Å². The van der Waals surface area contributed by atoms with Gasteiger partial charge in [-0.05, 0) is 29.8 Å². The fourth-order valence-corrected chi connectivity index (χ4v) is 2.84. The highest BCUT2D eigenvalue weighted by molar-refractivity contribution is 6.13. The van der Waals surface area contributed by atoms with Crippen molar-refractivity contribution < 1.29 is 13.2 Å². The second-order valence-corrected chi connectivity index (χ2v) is 5.62. The van der Waals surface area contributed by atoms with Gasteiger partial charge in [-0.1, -0.05) is 12.1 Å². The Morgan fingerprint density at radius 1 is 1.04 bits per heavy atom. The molecule has 0 bridgehead atoms. The molecule has 2 N–H and O–H groups in total. The molecule has 2 heterocycles. The molecule has 0 unspecified atom stereocenters. The second-order valence-electron chi connectivity index (χ2n) is 5.62. The van der Waals surface area contributed by atoms with Gasteiger partial charge in [0.15, 0.2) is 0 Å². The van der Waals surface area contributed by atoms with Crippen LogP contribution in [0.3, 0.4) is 0 Å². The Morgan fingerprint density at radius 3 is 2.60 bits per heavy atom. The number of aliphatic imine (C=N–C) groups is 1. The summed E-state index contributed by atoms with van der Waals surface area (Å²) in [5.74, 6) is -1.38. The Morgan fingerprint density at radius 2 is 1.84 bits per heavy atom. The quantitative estimate of drug-likeness (QED) is 0.743. The third-order valence-electron chi connectivity index (χ3n) is 4.02. The van der Waals surface area contributed by atoms with Gasteiger partial charge in [-0.3, -0.25) is 9.49 Å². The molecule has 0 spiro atoms. The molecule has 1 aromatic heterocycles. The van der Waals surface area contributed by atoms with Crippen LogP contribution in [0, 0.1) is 11.6 Å². The summed E-state index contributed by atoms with van der Waals surface area (Å²) in [6.45, 7) is -0.473. The van der Waals surface area contributed by atoms with Gasteiger partial charge >= 0.3 is 0 Å². The maximum Gasteiger partial charge on any atom is 0.144 e. The molecule has 2 aromatic carbocycles. The minimum absolute atomic E-state index is 0.0511. The molecule has 0 amide bonds. The summed E-state index contributed by atoms with van der Waals surface area (Å²) in [4.78, 5) is 4.40. The Kier molecular flexibility index (Phi) is 3.76. The van der Waals surface area contributed by atoms with E-state index in [-0.39, 0.29) is 17.8 Å². The van der Waals surface area contributed by atoms with Gasteiger partial charge < -0.3 is 5.32 Å². The van der Waals surface area contributed by atoms with Crippen LogP contribution in [-0.4, -0.2) is 22.7 Å². The predicted octanol–water partition coefficient (Wildman–Crippen LogP) is 4.37. The standard InChI is InChI=1S/C18H13F3N4/c19-7-6-10-4-5-14-11(8-10)17-15(9-22-25-17)24-18(23-14)16-12(20)2-1-3-13(16)21/h1-5,8-9H,6-7H2,(H,22,25)(H,23,24). The Bertz CT molecular complexity index is 958. The molecule has 126 valence electrons. The average Bonchev–Trinajstić information content (AvgIpc) is 2.98. The van der Waals surface area contributed by atoms with Crippen molar-refractivity contribution in [2.75, 3.05) is 12.0 Å². The molecule has 0 saturated carbocycles. The van der Waals surface area contributed by atoms with Crippen LogP contribution in [0.1, 0.15) is 11.1 Å². The highest BCUT2D eigenvalue weighted by Gasteiger charge is 2.23. The van der Waals surface area contributed by atoms with Crippen molar-refractivity contribution in [1.29, 1.82) is 0 Å². The lowest BCUT2D eigenvalue weighted by Gasteiger charge is -2.09. The van der Waals surface area contributed by atoms with Gasteiger partial charge in [0.1, 0.15) is 23.2 Å². The molecule has 0 aliphatic carbocycles. The van der Waals surface area contributed by atoms with E-state index in [0.29, 0.717) is 22.6 Å². The fourth-order valence-electron chi connectivity index (χ4n) is 2.84. The third kappa shape index (κ3) is 2.67. The first-order valence-corrected chi connectivity index (χ1v) is 7.70. The molecule has 7 heteroatoms. The minimum Gasteiger partial charge on any atom is -0.336 e. The predicted molar refractivity (Wildman–Crippen MR) is 89.9 cm³/mol. The zero-order chi connectivity index (χ0) is 17.4. The number of alkyl halides is 1. The molecule has 0 saturated heterocycles. The number of hydrogen-bond acceptors (Lipinski definition) is 3. The summed E-state index contributed by atoms with van der Waals surface area (Å²) in [7, 11) is 0. The number of halogens is 3. The summed E-state index contributed by atoms with van der Waals surface area (Å²) in [6, 6.07) is 8.88. The number of anilines is 1. The first-order chi connectivity index (χ1) is 12.2. The zero-order valence-corrected chi connectivity index (χ0v) is 13.0. The van der Waals surface area contributed by atoms with E-state index in [1.807, 2.05) is 0 Å². The molecule has 25 heavy (non-hydrogen) atoms. The van der Waals surface area contributed by atoms with Gasteiger partial charge in [0.2, 0.25) is 0 Å². The molecule has 3 aromatic rings. The molecule has 1 aliphatic heterocycles. The van der Waals surface area contributed by atoms with Crippen LogP contribution < -0.4 is 5.32 Å². The van der Waals surface area contributed by atoms with E-state index in [9.17, 15) is 13.2 Å². The van der Waals surface area contributed by atoms with Crippen molar-refractivity contribution in [2.24, 2.45) is 4.99 Å². The summed E-state index contributed by atoms with van der Waals surface area (Å²) < 4.78 is 41.0. The van der Waals surface area contributed by atoms with Gasteiger partial charge in [0.05, 0.1) is 23.6 Å². The molecular formula is C18H13F3N4. The lowest BCUT2D eigenvalue weighted by Crippen LogP contribution is -2.16. The zero-order valence-electron chi connectivity index (χ0n) is 13.0. The van der Waals surface area contributed by atoms with Gasteiger partial charge in [-0.25, -0.2) is 13.8 Å². The molecule has 0 radical (unpaired) electrons. The molecule has 4 rings (SSSR count). The number of rotatable bonds is 3. The van der Waals surface area contributed by atoms with Crippen LogP contribution in [0.15, 0.2) is 47.6 Å². The van der Waals surface area contributed by atoms with E-state index >= 15 is 0 Å². The van der Waals surface area contributed by atoms with Crippen LogP contribution in [0.4, 0.5) is 24.5 Å². The van der Waals surface area contributed by atoms with Gasteiger partial charge in [-0.2, -0.15) is 5.10 Å². The number of amidine groups is 1. The van der Waals surface area contributed by atoms with E-state index in [0.717, 1.165) is 5.56 Å². The second kappa shape index (κ2) is 6.08. The van der Waals surface area contributed by atoms with Crippen LogP contribution in [0.2, 0.25) is 0 Å². The number of nitrogens with one attached hydrogen (secondary N) is 2. The van der Waals surface area contributed by atoms with Crippen LogP contribution in [0.5, 0.6) is 0 Å². The Balaban J connectivity index is 1.93. The van der Waals surface area contributed by atoms with Crippen molar-refractivity contribution in [3.8, 4) is 11.3 Å². The average molecular weight is 342 g/mol. The van der Waals surface area contributed by atoms with Crippen molar-refractivity contribution in [2.45, 2.75) is 6.42 Å². The first-order valence-electron chi connectivity index (χ1n) is 7.70. The SMILES string of the molecule is FCCc1ccc2c(c1)-c1n[nH]cc1NC(c1c(F)cccc1F)=N2. The number of aromatic amines is 1. The van der Waals surface area contributed by atoms with E-state index < -0.39 is 18.3 Å². The van der Waals surface area contributed by atoms with Crippen LogP contribution in [-0.2, 0) is 6.42 Å². The van der Waals surface area contributed by atoms with Gasteiger partial charge in [0.25, 0.3) is 0 Å². The number of benzene rings is 2. The maximum absolute atomic E-state index is 14.2. The fraction of sp³-hybridized carbons (Fsp3) is 0.111. The topological polar surface area (TPSA) is 53.1 Å². The molecular weight excluding hydrogens is 329 g/mol. The van der Waals surface area contributed by atoms with Crippen molar-refractivity contribution in [1.82, 2.24) is 10.2 Å². The summed E-state index contributed by atoms with van der Waals surface area (Å²) in [5.41, 5.74) is 2.82. The lowest BCUT2D eigenvalue weighted by molar-refractivity contribution is 0.495. The lowest BCUT2D eigenvalue weighted by atomic mass is 10.0.